The van der Waals surface area contributed by atoms with E-state index in [1.807, 2.05) is 26.1 Å². The fourth-order valence-corrected chi connectivity index (χ4v) is 4.23. The molecule has 0 radical (unpaired) electrons. The predicted octanol–water partition coefficient (Wildman–Crippen LogP) is 4.65. The molecule has 0 fully saturated rings. The van der Waals surface area contributed by atoms with Gasteiger partial charge in [-0.2, -0.15) is 0 Å². The zero-order valence-electron chi connectivity index (χ0n) is 16.6. The van der Waals surface area contributed by atoms with Crippen LogP contribution in [0.25, 0.3) is 10.9 Å². The van der Waals surface area contributed by atoms with Crippen LogP contribution in [0.3, 0.4) is 0 Å². The average Bonchev–Trinajstić information content (AvgIpc) is 2.97. The SMILES string of the molecule is CCN(C)Cc1nc2cc(I)ccc2cc1[C@H](C)N1C(=O)c2ccccc2C1=O. The predicted molar refractivity (Wildman–Crippen MR) is 122 cm³/mol. The molecule has 1 atom stereocenters. The number of benzene rings is 2. The molecule has 0 bridgehead atoms. The van der Waals surface area contributed by atoms with Crippen molar-refractivity contribution >= 4 is 45.3 Å². The minimum atomic E-state index is -0.404. The van der Waals surface area contributed by atoms with E-state index in [2.05, 4.69) is 46.5 Å². The molecule has 1 aromatic heterocycles. The lowest BCUT2D eigenvalue weighted by atomic mass is 10.0. The summed E-state index contributed by atoms with van der Waals surface area (Å²) in [5.74, 6) is -0.480. The molecule has 2 aromatic carbocycles. The van der Waals surface area contributed by atoms with Crippen molar-refractivity contribution in [2.75, 3.05) is 13.6 Å². The van der Waals surface area contributed by atoms with Crippen LogP contribution in [0.1, 0.15) is 51.9 Å². The number of amides is 2. The number of fused-ring (bicyclic) bond motifs is 2. The fourth-order valence-electron chi connectivity index (χ4n) is 3.75. The van der Waals surface area contributed by atoms with E-state index >= 15 is 0 Å². The van der Waals surface area contributed by atoms with Gasteiger partial charge in [0.15, 0.2) is 0 Å². The number of carbonyl (C=O) groups excluding carboxylic acids is 2. The lowest BCUT2D eigenvalue weighted by Crippen LogP contribution is -2.33. The highest BCUT2D eigenvalue weighted by molar-refractivity contribution is 14.1. The first-order chi connectivity index (χ1) is 13.9. The molecule has 2 amide bonds. The summed E-state index contributed by atoms with van der Waals surface area (Å²) in [5, 5.41) is 1.01. The van der Waals surface area contributed by atoms with Crippen LogP contribution in [-0.2, 0) is 6.54 Å². The minimum absolute atomic E-state index is 0.240. The lowest BCUT2D eigenvalue weighted by Gasteiger charge is -2.26. The number of halogens is 1. The van der Waals surface area contributed by atoms with Crippen molar-refractivity contribution < 1.29 is 9.59 Å². The summed E-state index contributed by atoms with van der Waals surface area (Å²) in [6, 6.07) is 14.8. The number of hydrogen-bond donors (Lipinski definition) is 0. The summed E-state index contributed by atoms with van der Waals surface area (Å²) >= 11 is 2.28. The van der Waals surface area contributed by atoms with Crippen molar-refractivity contribution in [1.82, 2.24) is 14.8 Å². The first kappa shape index (κ1) is 20.0. The Hall–Kier alpha value is -2.32. The van der Waals surface area contributed by atoms with Gasteiger partial charge >= 0.3 is 0 Å². The van der Waals surface area contributed by atoms with Gasteiger partial charge in [-0.25, -0.2) is 0 Å². The molecule has 2 heterocycles. The largest absolute Gasteiger partial charge is 0.301 e. The zero-order chi connectivity index (χ0) is 20.7. The van der Waals surface area contributed by atoms with Crippen LogP contribution < -0.4 is 0 Å². The summed E-state index contributed by atoms with van der Waals surface area (Å²) in [5.41, 5.74) is 3.68. The van der Waals surface area contributed by atoms with Gasteiger partial charge in [-0.1, -0.05) is 25.1 Å². The fraction of sp³-hybridized carbons (Fsp3) is 0.261. The number of carbonyl (C=O) groups is 2. The minimum Gasteiger partial charge on any atom is -0.301 e. The van der Waals surface area contributed by atoms with Gasteiger partial charge in [-0.15, -0.1) is 0 Å². The van der Waals surface area contributed by atoms with Gasteiger partial charge in [0.25, 0.3) is 11.8 Å². The molecule has 1 aliphatic rings. The Kier molecular flexibility index (Phi) is 5.40. The number of rotatable bonds is 5. The topological polar surface area (TPSA) is 53.5 Å². The molecule has 29 heavy (non-hydrogen) atoms. The molecular weight excluding hydrogens is 477 g/mol. The first-order valence-corrected chi connectivity index (χ1v) is 10.7. The van der Waals surface area contributed by atoms with Crippen LogP contribution in [-0.4, -0.2) is 40.2 Å². The molecule has 0 spiro atoms. The van der Waals surface area contributed by atoms with Gasteiger partial charge < -0.3 is 4.90 Å². The van der Waals surface area contributed by atoms with Crippen molar-refractivity contribution in [3.05, 3.63) is 74.5 Å². The van der Waals surface area contributed by atoms with Crippen LogP contribution >= 0.6 is 22.6 Å². The number of hydrogen-bond acceptors (Lipinski definition) is 4. The maximum Gasteiger partial charge on any atom is 0.262 e. The van der Waals surface area contributed by atoms with E-state index in [-0.39, 0.29) is 11.8 Å². The van der Waals surface area contributed by atoms with E-state index < -0.39 is 6.04 Å². The second kappa shape index (κ2) is 7.84. The summed E-state index contributed by atoms with van der Waals surface area (Å²) < 4.78 is 1.12. The molecule has 0 aliphatic carbocycles. The maximum absolute atomic E-state index is 13.0. The Morgan fingerprint density at radius 3 is 2.34 bits per heavy atom. The third kappa shape index (κ3) is 3.55. The van der Waals surface area contributed by atoms with Crippen LogP contribution in [0.2, 0.25) is 0 Å². The second-order valence-electron chi connectivity index (χ2n) is 7.39. The monoisotopic (exact) mass is 499 g/mol. The molecule has 148 valence electrons. The van der Waals surface area contributed by atoms with E-state index in [4.69, 9.17) is 4.98 Å². The average molecular weight is 499 g/mol. The smallest absolute Gasteiger partial charge is 0.262 e. The molecule has 4 rings (SSSR count). The number of pyridine rings is 1. The van der Waals surface area contributed by atoms with Gasteiger partial charge in [0.05, 0.1) is 28.4 Å². The number of imide groups is 1. The van der Waals surface area contributed by atoms with E-state index in [0.717, 1.165) is 32.3 Å². The maximum atomic E-state index is 13.0. The molecule has 0 saturated heterocycles. The van der Waals surface area contributed by atoms with E-state index in [0.29, 0.717) is 17.7 Å². The Balaban J connectivity index is 1.81. The van der Waals surface area contributed by atoms with Gasteiger partial charge in [0.2, 0.25) is 0 Å². The van der Waals surface area contributed by atoms with Crippen LogP contribution in [0.15, 0.2) is 48.5 Å². The van der Waals surface area contributed by atoms with Gasteiger partial charge in [-0.05, 0) is 79.0 Å². The molecule has 3 aromatic rings. The third-order valence-electron chi connectivity index (χ3n) is 5.51. The third-order valence-corrected chi connectivity index (χ3v) is 6.19. The van der Waals surface area contributed by atoms with E-state index in [1.165, 1.54) is 4.90 Å². The van der Waals surface area contributed by atoms with Gasteiger partial charge in [0.1, 0.15) is 0 Å². The number of nitrogens with zero attached hydrogens (tertiary/aromatic N) is 3. The van der Waals surface area contributed by atoms with E-state index in [9.17, 15) is 9.59 Å². The van der Waals surface area contributed by atoms with Gasteiger partial charge in [-0.3, -0.25) is 19.5 Å². The lowest BCUT2D eigenvalue weighted by molar-refractivity contribution is 0.0594. The van der Waals surface area contributed by atoms with Crippen LogP contribution in [0.4, 0.5) is 0 Å². The van der Waals surface area contributed by atoms with Crippen LogP contribution in [0.5, 0.6) is 0 Å². The normalized spacial score (nSPS) is 14.7. The Morgan fingerprint density at radius 1 is 1.07 bits per heavy atom. The summed E-state index contributed by atoms with van der Waals surface area (Å²) in [4.78, 5) is 34.4. The highest BCUT2D eigenvalue weighted by Crippen LogP contribution is 2.34. The standard InChI is InChI=1S/C23H22IN3O2/c1-4-26(3)13-21-19(11-15-9-10-16(24)12-20(15)25-21)14(2)27-22(28)17-7-5-6-8-18(17)23(27)29/h5-12,14H,4,13H2,1-3H3/t14-/m0/s1. The van der Waals surface area contributed by atoms with Gasteiger partial charge in [0, 0.05) is 15.5 Å². The zero-order valence-corrected chi connectivity index (χ0v) is 18.8. The number of aromatic nitrogens is 1. The molecule has 1 aliphatic heterocycles. The van der Waals surface area contributed by atoms with Crippen LogP contribution in [0, 0.1) is 3.57 Å². The molecule has 0 saturated carbocycles. The summed E-state index contributed by atoms with van der Waals surface area (Å²) in [6.07, 6.45) is 0. The summed E-state index contributed by atoms with van der Waals surface area (Å²) in [6.45, 7) is 5.54. The summed E-state index contributed by atoms with van der Waals surface area (Å²) in [7, 11) is 2.04. The Morgan fingerprint density at radius 2 is 1.72 bits per heavy atom. The molecular formula is C23H22IN3O2. The van der Waals surface area contributed by atoms with Crippen molar-refractivity contribution in [3.63, 3.8) is 0 Å². The molecule has 0 N–H and O–H groups in total. The molecule has 0 unspecified atom stereocenters. The quantitative estimate of drug-likeness (QED) is 0.379. The van der Waals surface area contributed by atoms with Crippen molar-refractivity contribution in [3.8, 4) is 0 Å². The second-order valence-corrected chi connectivity index (χ2v) is 8.64. The molecule has 5 nitrogen and oxygen atoms in total. The highest BCUT2D eigenvalue weighted by atomic mass is 127. The Bertz CT molecular complexity index is 1090. The highest BCUT2D eigenvalue weighted by Gasteiger charge is 2.39. The van der Waals surface area contributed by atoms with Crippen molar-refractivity contribution in [2.24, 2.45) is 0 Å². The Labute approximate surface area is 183 Å². The molecule has 6 heteroatoms. The van der Waals surface area contributed by atoms with Crippen molar-refractivity contribution in [2.45, 2.75) is 26.4 Å². The first-order valence-electron chi connectivity index (χ1n) is 9.65. The van der Waals surface area contributed by atoms with Crippen molar-refractivity contribution in [1.29, 1.82) is 0 Å². The van der Waals surface area contributed by atoms with E-state index in [1.54, 1.807) is 24.3 Å².